The van der Waals surface area contributed by atoms with Gasteiger partial charge in [-0.1, -0.05) is 6.07 Å². The fourth-order valence-corrected chi connectivity index (χ4v) is 1.29. The van der Waals surface area contributed by atoms with E-state index in [1.54, 1.807) is 13.0 Å². The molecule has 1 unspecified atom stereocenters. The number of hydrogen-bond donors (Lipinski definition) is 1. The van der Waals surface area contributed by atoms with Crippen LogP contribution in [0.2, 0.25) is 0 Å². The predicted molar refractivity (Wildman–Crippen MR) is 55.5 cm³/mol. The molecule has 0 aliphatic rings. The highest BCUT2D eigenvalue weighted by Gasteiger charge is 2.16. The normalized spacial score (nSPS) is 12.3. The molecule has 0 heterocycles. The van der Waals surface area contributed by atoms with Gasteiger partial charge in [0, 0.05) is 12.5 Å². The van der Waals surface area contributed by atoms with E-state index in [1.807, 2.05) is 0 Å². The molecule has 82 valence electrons. The van der Waals surface area contributed by atoms with Crippen LogP contribution in [0.15, 0.2) is 18.2 Å². The molecule has 0 amide bonds. The molecular formula is C11H14FNO2. The number of Topliss-reactive ketones (excluding diaryl/α,β-unsaturated/α-hetero) is 1. The first-order valence-electron chi connectivity index (χ1n) is 4.67. The number of nitrogens with two attached hydrogens (primary N) is 1. The molecule has 4 heteroatoms. The molecule has 1 atom stereocenters. The molecular weight excluding hydrogens is 197 g/mol. The number of halogens is 1. The first-order chi connectivity index (χ1) is 7.06. The second-order valence-electron chi connectivity index (χ2n) is 3.43. The van der Waals surface area contributed by atoms with Crippen molar-refractivity contribution < 1.29 is 13.9 Å². The molecule has 0 aliphatic carbocycles. The van der Waals surface area contributed by atoms with E-state index in [9.17, 15) is 9.18 Å². The zero-order chi connectivity index (χ0) is 11.4. The Morgan fingerprint density at radius 1 is 1.60 bits per heavy atom. The highest BCUT2D eigenvalue weighted by Crippen LogP contribution is 2.21. The van der Waals surface area contributed by atoms with E-state index in [1.165, 1.54) is 19.2 Å². The average Bonchev–Trinajstić information content (AvgIpc) is 2.17. The summed E-state index contributed by atoms with van der Waals surface area (Å²) in [5.74, 6) is -0.849. The molecule has 0 aliphatic heterocycles. The van der Waals surface area contributed by atoms with E-state index >= 15 is 0 Å². The van der Waals surface area contributed by atoms with E-state index in [2.05, 4.69) is 0 Å². The number of methoxy groups -OCH3 is 1. The van der Waals surface area contributed by atoms with Gasteiger partial charge in [-0.2, -0.15) is 0 Å². The van der Waals surface area contributed by atoms with E-state index < -0.39 is 5.82 Å². The summed E-state index contributed by atoms with van der Waals surface area (Å²) in [4.78, 5) is 11.6. The summed E-state index contributed by atoms with van der Waals surface area (Å²) >= 11 is 0. The third kappa shape index (κ3) is 2.76. The molecule has 0 saturated carbocycles. The van der Waals surface area contributed by atoms with Gasteiger partial charge >= 0.3 is 0 Å². The number of rotatable bonds is 4. The van der Waals surface area contributed by atoms with Crippen molar-refractivity contribution in [3.8, 4) is 5.75 Å². The average molecular weight is 211 g/mol. The number of hydrogen-bond acceptors (Lipinski definition) is 3. The van der Waals surface area contributed by atoms with Crippen molar-refractivity contribution in [2.45, 2.75) is 19.4 Å². The van der Waals surface area contributed by atoms with Crippen LogP contribution in [-0.4, -0.2) is 18.9 Å². The summed E-state index contributed by atoms with van der Waals surface area (Å²) in [5, 5.41) is 0. The maximum absolute atomic E-state index is 13.6. The topological polar surface area (TPSA) is 52.3 Å². The molecule has 0 saturated heterocycles. The van der Waals surface area contributed by atoms with Gasteiger partial charge in [0.1, 0.15) is 0 Å². The van der Waals surface area contributed by atoms with Gasteiger partial charge in [-0.05, 0) is 19.1 Å². The zero-order valence-electron chi connectivity index (χ0n) is 8.79. The van der Waals surface area contributed by atoms with Crippen LogP contribution in [0, 0.1) is 5.82 Å². The lowest BCUT2D eigenvalue weighted by molar-refractivity contribution is 0.0972. The summed E-state index contributed by atoms with van der Waals surface area (Å²) in [7, 11) is 1.36. The fourth-order valence-electron chi connectivity index (χ4n) is 1.29. The van der Waals surface area contributed by atoms with Crippen molar-refractivity contribution in [2.75, 3.05) is 7.11 Å². The second-order valence-corrected chi connectivity index (χ2v) is 3.43. The Morgan fingerprint density at radius 3 is 2.80 bits per heavy atom. The van der Waals surface area contributed by atoms with Gasteiger partial charge in [0.2, 0.25) is 0 Å². The monoisotopic (exact) mass is 211 g/mol. The van der Waals surface area contributed by atoms with Gasteiger partial charge in [0.05, 0.1) is 12.7 Å². The molecule has 3 nitrogen and oxygen atoms in total. The predicted octanol–water partition coefficient (Wildman–Crippen LogP) is 1.75. The molecule has 0 fully saturated rings. The Morgan fingerprint density at radius 2 is 2.27 bits per heavy atom. The van der Waals surface area contributed by atoms with Gasteiger partial charge in [0.25, 0.3) is 0 Å². The zero-order valence-corrected chi connectivity index (χ0v) is 8.79. The molecule has 0 spiro atoms. The van der Waals surface area contributed by atoms with Crippen molar-refractivity contribution in [2.24, 2.45) is 5.73 Å². The van der Waals surface area contributed by atoms with Gasteiger partial charge in [-0.15, -0.1) is 0 Å². The molecule has 0 radical (unpaired) electrons. The maximum Gasteiger partial charge on any atom is 0.175 e. The van der Waals surface area contributed by atoms with Crippen LogP contribution in [0.1, 0.15) is 23.7 Å². The SMILES string of the molecule is COc1cccc(C(=O)CC(C)N)c1F. The van der Waals surface area contributed by atoms with Crippen LogP contribution >= 0.6 is 0 Å². The van der Waals surface area contributed by atoms with E-state index in [-0.39, 0.29) is 29.6 Å². The summed E-state index contributed by atoms with van der Waals surface area (Å²) in [6.07, 6.45) is 0.129. The van der Waals surface area contributed by atoms with Crippen LogP contribution in [0.4, 0.5) is 4.39 Å². The number of ether oxygens (including phenoxy) is 1. The molecule has 1 aromatic rings. The van der Waals surface area contributed by atoms with E-state index in [0.29, 0.717) is 0 Å². The summed E-state index contributed by atoms with van der Waals surface area (Å²) in [5.41, 5.74) is 5.51. The summed E-state index contributed by atoms with van der Waals surface area (Å²) in [6, 6.07) is 4.21. The lowest BCUT2D eigenvalue weighted by Gasteiger charge is -2.07. The van der Waals surface area contributed by atoms with Crippen molar-refractivity contribution >= 4 is 5.78 Å². The van der Waals surface area contributed by atoms with Crippen LogP contribution in [0.5, 0.6) is 5.75 Å². The van der Waals surface area contributed by atoms with Crippen molar-refractivity contribution in [3.63, 3.8) is 0 Å². The third-order valence-electron chi connectivity index (χ3n) is 1.99. The van der Waals surface area contributed by atoms with Crippen molar-refractivity contribution in [1.82, 2.24) is 0 Å². The van der Waals surface area contributed by atoms with Crippen molar-refractivity contribution in [1.29, 1.82) is 0 Å². The minimum Gasteiger partial charge on any atom is -0.494 e. The van der Waals surface area contributed by atoms with Gasteiger partial charge in [-0.3, -0.25) is 4.79 Å². The molecule has 15 heavy (non-hydrogen) atoms. The molecule has 1 aromatic carbocycles. The van der Waals surface area contributed by atoms with Crippen LogP contribution < -0.4 is 10.5 Å². The van der Waals surface area contributed by atoms with Crippen molar-refractivity contribution in [3.05, 3.63) is 29.6 Å². The van der Waals surface area contributed by atoms with Gasteiger partial charge in [-0.25, -0.2) is 4.39 Å². The Hall–Kier alpha value is -1.42. The smallest absolute Gasteiger partial charge is 0.175 e. The number of carbonyl (C=O) groups is 1. The standard InChI is InChI=1S/C11H14FNO2/c1-7(13)6-9(14)8-4-3-5-10(15-2)11(8)12/h3-5,7H,6,13H2,1-2H3. The van der Waals surface area contributed by atoms with Crippen LogP contribution in [-0.2, 0) is 0 Å². The lowest BCUT2D eigenvalue weighted by atomic mass is 10.0. The van der Waals surface area contributed by atoms with E-state index in [0.717, 1.165) is 0 Å². The minimum atomic E-state index is -0.620. The largest absolute Gasteiger partial charge is 0.494 e. The Kier molecular flexibility index (Phi) is 3.80. The molecule has 0 bridgehead atoms. The second kappa shape index (κ2) is 4.89. The Labute approximate surface area is 88.0 Å². The van der Waals surface area contributed by atoms with Gasteiger partial charge < -0.3 is 10.5 Å². The van der Waals surface area contributed by atoms with Gasteiger partial charge in [0.15, 0.2) is 17.3 Å². The summed E-state index contributed by atoms with van der Waals surface area (Å²) < 4.78 is 18.4. The highest BCUT2D eigenvalue weighted by atomic mass is 19.1. The fraction of sp³-hybridized carbons (Fsp3) is 0.364. The number of carbonyl (C=O) groups excluding carboxylic acids is 1. The highest BCUT2D eigenvalue weighted by molar-refractivity contribution is 5.97. The Bertz CT molecular complexity index is 364. The summed E-state index contributed by atoms with van der Waals surface area (Å²) in [6.45, 7) is 1.70. The number of benzene rings is 1. The first-order valence-corrected chi connectivity index (χ1v) is 4.67. The maximum atomic E-state index is 13.6. The quantitative estimate of drug-likeness (QED) is 0.772. The lowest BCUT2D eigenvalue weighted by Crippen LogP contribution is -2.20. The number of ketones is 1. The minimum absolute atomic E-state index is 0.0339. The molecule has 1 rings (SSSR count). The molecule has 2 N–H and O–H groups in total. The Balaban J connectivity index is 2.99. The van der Waals surface area contributed by atoms with Crippen LogP contribution in [0.25, 0.3) is 0 Å². The van der Waals surface area contributed by atoms with Crippen LogP contribution in [0.3, 0.4) is 0 Å². The molecule has 0 aromatic heterocycles. The third-order valence-corrected chi connectivity index (χ3v) is 1.99. The first kappa shape index (κ1) is 11.7. The van der Waals surface area contributed by atoms with E-state index in [4.69, 9.17) is 10.5 Å².